The minimum absolute atomic E-state index is 1.01. The van der Waals surface area contributed by atoms with Gasteiger partial charge >= 0.3 is 0 Å². The van der Waals surface area contributed by atoms with Gasteiger partial charge in [0.1, 0.15) is 0 Å². The molecule has 6 aromatic rings. The molecule has 0 fully saturated rings. The summed E-state index contributed by atoms with van der Waals surface area (Å²) in [6.07, 6.45) is 0. The van der Waals surface area contributed by atoms with Crippen LogP contribution in [0.15, 0.2) is 127 Å². The number of pyridine rings is 1. The van der Waals surface area contributed by atoms with Crippen LogP contribution in [0.25, 0.3) is 55.2 Å². The first kappa shape index (κ1) is 18.5. The standard InChI is InChI=1S/C31H21N/c1-4-12-22(13-5-1)25-20-21-28-31(29(25)23-14-6-2-7-15-23)30(24-16-8-3-9-17-24)26-18-10-11-19-27(26)32-28/h1-21H. The lowest BCUT2D eigenvalue weighted by Gasteiger charge is -2.19. The largest absolute Gasteiger partial charge is 0.248 e. The van der Waals surface area contributed by atoms with Gasteiger partial charge in [-0.3, -0.25) is 0 Å². The topological polar surface area (TPSA) is 12.9 Å². The van der Waals surface area contributed by atoms with Crippen molar-refractivity contribution in [1.82, 2.24) is 4.98 Å². The van der Waals surface area contributed by atoms with Gasteiger partial charge < -0.3 is 0 Å². The van der Waals surface area contributed by atoms with Crippen molar-refractivity contribution >= 4 is 21.8 Å². The predicted molar refractivity (Wildman–Crippen MR) is 136 cm³/mol. The molecular formula is C31H21N. The van der Waals surface area contributed by atoms with E-state index in [1.165, 1.54) is 44.2 Å². The molecule has 1 nitrogen and oxygen atoms in total. The number of hydrogen-bond acceptors (Lipinski definition) is 1. The number of para-hydroxylation sites is 1. The Kier molecular flexibility index (Phi) is 4.51. The van der Waals surface area contributed by atoms with Gasteiger partial charge in [0.05, 0.1) is 11.0 Å². The number of fused-ring (bicyclic) bond motifs is 2. The Morgan fingerprint density at radius 1 is 0.375 bits per heavy atom. The first-order chi connectivity index (χ1) is 15.9. The van der Waals surface area contributed by atoms with E-state index in [2.05, 4.69) is 127 Å². The third-order valence-corrected chi connectivity index (χ3v) is 6.06. The maximum Gasteiger partial charge on any atom is 0.0722 e. The molecule has 6 rings (SSSR count). The first-order valence-electron chi connectivity index (χ1n) is 10.9. The molecule has 0 radical (unpaired) electrons. The van der Waals surface area contributed by atoms with Crippen LogP contribution in [-0.2, 0) is 0 Å². The lowest BCUT2D eigenvalue weighted by Crippen LogP contribution is -1.94. The quantitative estimate of drug-likeness (QED) is 0.268. The molecule has 1 heteroatoms. The smallest absolute Gasteiger partial charge is 0.0722 e. The van der Waals surface area contributed by atoms with E-state index in [-0.39, 0.29) is 0 Å². The van der Waals surface area contributed by atoms with Crippen LogP contribution in [0, 0.1) is 0 Å². The average molecular weight is 408 g/mol. The minimum Gasteiger partial charge on any atom is -0.248 e. The first-order valence-corrected chi connectivity index (χ1v) is 10.9. The highest BCUT2D eigenvalue weighted by Crippen LogP contribution is 2.44. The fraction of sp³-hybridized carbons (Fsp3) is 0. The number of nitrogens with zero attached hydrogens (tertiary/aromatic N) is 1. The number of rotatable bonds is 3. The lowest BCUT2D eigenvalue weighted by atomic mass is 9.86. The van der Waals surface area contributed by atoms with E-state index in [0.717, 1.165) is 11.0 Å². The van der Waals surface area contributed by atoms with Crippen molar-refractivity contribution in [2.45, 2.75) is 0 Å². The van der Waals surface area contributed by atoms with Crippen LogP contribution in [0.3, 0.4) is 0 Å². The van der Waals surface area contributed by atoms with E-state index in [0.29, 0.717) is 0 Å². The molecule has 0 aliphatic rings. The van der Waals surface area contributed by atoms with E-state index in [1.807, 2.05) is 0 Å². The molecule has 1 aromatic heterocycles. The summed E-state index contributed by atoms with van der Waals surface area (Å²) < 4.78 is 0. The highest BCUT2D eigenvalue weighted by Gasteiger charge is 2.18. The van der Waals surface area contributed by atoms with Crippen molar-refractivity contribution in [1.29, 1.82) is 0 Å². The van der Waals surface area contributed by atoms with Crippen LogP contribution in [0.1, 0.15) is 0 Å². The molecule has 0 atom stereocenters. The van der Waals surface area contributed by atoms with Crippen LogP contribution in [0.4, 0.5) is 0 Å². The Bertz CT molecular complexity index is 1540. The summed E-state index contributed by atoms with van der Waals surface area (Å²) in [5, 5.41) is 2.37. The molecule has 0 spiro atoms. The molecular weight excluding hydrogens is 386 g/mol. The molecule has 0 aliphatic carbocycles. The number of aromatic nitrogens is 1. The van der Waals surface area contributed by atoms with Gasteiger partial charge in [0.25, 0.3) is 0 Å². The maximum absolute atomic E-state index is 5.08. The van der Waals surface area contributed by atoms with E-state index < -0.39 is 0 Å². The number of hydrogen-bond donors (Lipinski definition) is 0. The third kappa shape index (κ3) is 3.07. The summed E-state index contributed by atoms with van der Waals surface area (Å²) in [4.78, 5) is 5.08. The second-order valence-corrected chi connectivity index (χ2v) is 7.98. The van der Waals surface area contributed by atoms with Crippen molar-refractivity contribution in [2.24, 2.45) is 0 Å². The fourth-order valence-corrected chi connectivity index (χ4v) is 4.65. The molecule has 150 valence electrons. The SMILES string of the molecule is c1ccc(-c2ccc3nc4ccccc4c(-c4ccccc4)c3c2-c2ccccc2)cc1. The van der Waals surface area contributed by atoms with Gasteiger partial charge in [-0.2, -0.15) is 0 Å². The summed E-state index contributed by atoms with van der Waals surface area (Å²) in [6.45, 7) is 0. The molecule has 1 heterocycles. The van der Waals surface area contributed by atoms with Crippen molar-refractivity contribution in [2.75, 3.05) is 0 Å². The summed E-state index contributed by atoms with van der Waals surface area (Å²) in [7, 11) is 0. The zero-order valence-corrected chi connectivity index (χ0v) is 17.6. The van der Waals surface area contributed by atoms with Gasteiger partial charge in [0.15, 0.2) is 0 Å². The molecule has 0 saturated heterocycles. The highest BCUT2D eigenvalue weighted by atomic mass is 14.7. The van der Waals surface area contributed by atoms with Gasteiger partial charge in [-0.25, -0.2) is 4.98 Å². The molecule has 0 amide bonds. The van der Waals surface area contributed by atoms with Crippen molar-refractivity contribution in [3.8, 4) is 33.4 Å². The van der Waals surface area contributed by atoms with Crippen LogP contribution in [0.5, 0.6) is 0 Å². The molecule has 0 unspecified atom stereocenters. The zero-order valence-electron chi connectivity index (χ0n) is 17.6. The molecule has 32 heavy (non-hydrogen) atoms. The molecule has 0 saturated carbocycles. The van der Waals surface area contributed by atoms with Crippen molar-refractivity contribution < 1.29 is 0 Å². The second kappa shape index (κ2) is 7.79. The van der Waals surface area contributed by atoms with Gasteiger partial charge in [0, 0.05) is 16.3 Å². The summed E-state index contributed by atoms with van der Waals surface area (Å²) in [5.41, 5.74) is 9.34. The van der Waals surface area contributed by atoms with Crippen LogP contribution in [-0.4, -0.2) is 4.98 Å². The Hall–Kier alpha value is -4.23. The molecule has 0 N–H and O–H groups in total. The Morgan fingerprint density at radius 2 is 0.906 bits per heavy atom. The monoisotopic (exact) mass is 407 g/mol. The van der Waals surface area contributed by atoms with Crippen molar-refractivity contribution in [3.63, 3.8) is 0 Å². The Labute approximate surface area is 187 Å². The van der Waals surface area contributed by atoms with E-state index in [1.54, 1.807) is 0 Å². The van der Waals surface area contributed by atoms with Crippen LogP contribution < -0.4 is 0 Å². The lowest BCUT2D eigenvalue weighted by molar-refractivity contribution is 1.49. The molecule has 0 aliphatic heterocycles. The Morgan fingerprint density at radius 3 is 1.56 bits per heavy atom. The van der Waals surface area contributed by atoms with Crippen LogP contribution >= 0.6 is 0 Å². The van der Waals surface area contributed by atoms with Gasteiger partial charge in [-0.05, 0) is 39.9 Å². The van der Waals surface area contributed by atoms with Gasteiger partial charge in [0.2, 0.25) is 0 Å². The van der Waals surface area contributed by atoms with E-state index >= 15 is 0 Å². The van der Waals surface area contributed by atoms with Crippen molar-refractivity contribution in [3.05, 3.63) is 127 Å². The van der Waals surface area contributed by atoms with Crippen LogP contribution in [0.2, 0.25) is 0 Å². The average Bonchev–Trinajstić information content (AvgIpc) is 2.88. The minimum atomic E-state index is 1.01. The normalized spacial score (nSPS) is 11.1. The van der Waals surface area contributed by atoms with E-state index in [4.69, 9.17) is 4.98 Å². The number of benzene rings is 5. The Balaban J connectivity index is 1.85. The molecule has 5 aromatic carbocycles. The summed E-state index contributed by atoms with van der Waals surface area (Å²) in [5.74, 6) is 0. The maximum atomic E-state index is 5.08. The fourth-order valence-electron chi connectivity index (χ4n) is 4.65. The summed E-state index contributed by atoms with van der Waals surface area (Å²) in [6, 6.07) is 44.9. The second-order valence-electron chi connectivity index (χ2n) is 7.98. The van der Waals surface area contributed by atoms with E-state index in [9.17, 15) is 0 Å². The highest BCUT2D eigenvalue weighted by molar-refractivity contribution is 6.17. The zero-order chi connectivity index (χ0) is 21.3. The molecule has 0 bridgehead atoms. The predicted octanol–water partition coefficient (Wildman–Crippen LogP) is 8.39. The third-order valence-electron chi connectivity index (χ3n) is 6.06. The summed E-state index contributed by atoms with van der Waals surface area (Å²) >= 11 is 0. The van der Waals surface area contributed by atoms with Gasteiger partial charge in [-0.15, -0.1) is 0 Å². The van der Waals surface area contributed by atoms with Gasteiger partial charge in [-0.1, -0.05) is 115 Å².